The third kappa shape index (κ3) is 7.93. The minimum atomic E-state index is -1.21. The molecule has 25 heavy (non-hydrogen) atoms. The normalized spacial score (nSPS) is 12.7. The maximum absolute atomic E-state index is 12.2. The van der Waals surface area contributed by atoms with Gasteiger partial charge in [0.2, 0.25) is 11.8 Å². The molecule has 0 fully saturated rings. The molecule has 0 saturated heterocycles. The summed E-state index contributed by atoms with van der Waals surface area (Å²) in [4.78, 5) is 45.4. The smallest absolute Gasteiger partial charge is 0.322 e. The molecule has 6 N–H and O–H groups in total. The maximum atomic E-state index is 12.2. The van der Waals surface area contributed by atoms with Crippen LogP contribution < -0.4 is 16.4 Å². The topological polar surface area (TPSA) is 159 Å². The van der Waals surface area contributed by atoms with Gasteiger partial charge in [-0.2, -0.15) is 0 Å². The summed E-state index contributed by atoms with van der Waals surface area (Å²) >= 11 is 0. The standard InChI is InChI=1S/C16H21N3O6/c17-11(6-7-13(20)21)15(24)19-12(16(25)18-9-14(22)23)8-10-4-2-1-3-5-10/h1-5,11-12H,6-9,17H2,(H,18,25)(H,19,24)(H,20,21)(H,22,23). The lowest BCUT2D eigenvalue weighted by Gasteiger charge is -2.20. The monoisotopic (exact) mass is 351 g/mol. The number of hydrogen-bond donors (Lipinski definition) is 5. The van der Waals surface area contributed by atoms with E-state index in [-0.39, 0.29) is 19.3 Å². The van der Waals surface area contributed by atoms with E-state index >= 15 is 0 Å². The Hall–Kier alpha value is -2.94. The molecule has 0 aromatic heterocycles. The molecule has 0 radical (unpaired) electrons. The minimum Gasteiger partial charge on any atom is -0.481 e. The van der Waals surface area contributed by atoms with Gasteiger partial charge in [-0.05, 0) is 12.0 Å². The molecule has 0 heterocycles. The number of nitrogens with one attached hydrogen (secondary N) is 2. The van der Waals surface area contributed by atoms with Crippen molar-refractivity contribution in [1.82, 2.24) is 10.6 Å². The Morgan fingerprint density at radius 3 is 2.20 bits per heavy atom. The zero-order valence-corrected chi connectivity index (χ0v) is 13.5. The molecule has 9 nitrogen and oxygen atoms in total. The molecule has 0 saturated carbocycles. The number of hydrogen-bond acceptors (Lipinski definition) is 5. The molecule has 1 aromatic rings. The van der Waals surface area contributed by atoms with E-state index in [2.05, 4.69) is 10.6 Å². The number of amides is 2. The second kappa shape index (κ2) is 10.0. The number of rotatable bonds is 10. The second-order valence-electron chi connectivity index (χ2n) is 5.40. The van der Waals surface area contributed by atoms with Crippen LogP contribution in [0.25, 0.3) is 0 Å². The fourth-order valence-electron chi connectivity index (χ4n) is 2.03. The highest BCUT2D eigenvalue weighted by Gasteiger charge is 2.24. The van der Waals surface area contributed by atoms with E-state index in [1.165, 1.54) is 0 Å². The lowest BCUT2D eigenvalue weighted by Crippen LogP contribution is -2.53. The molecular weight excluding hydrogens is 330 g/mol. The number of carboxylic acid groups (broad SMARTS) is 2. The fraction of sp³-hybridized carbons (Fsp3) is 0.375. The Balaban J connectivity index is 2.75. The Bertz CT molecular complexity index is 620. The van der Waals surface area contributed by atoms with Crippen LogP contribution in [0, 0.1) is 0 Å². The number of carboxylic acids is 2. The summed E-state index contributed by atoms with van der Waals surface area (Å²) in [6.45, 7) is -0.578. The van der Waals surface area contributed by atoms with Crippen molar-refractivity contribution in [2.45, 2.75) is 31.3 Å². The third-order valence-corrected chi connectivity index (χ3v) is 3.34. The van der Waals surface area contributed by atoms with Crippen LogP contribution in [-0.2, 0) is 25.6 Å². The first kappa shape index (κ1) is 20.1. The van der Waals surface area contributed by atoms with Gasteiger partial charge in [0.1, 0.15) is 12.6 Å². The molecule has 9 heteroatoms. The lowest BCUT2D eigenvalue weighted by molar-refractivity contribution is -0.138. The van der Waals surface area contributed by atoms with Gasteiger partial charge < -0.3 is 26.6 Å². The van der Waals surface area contributed by atoms with E-state index < -0.39 is 42.4 Å². The van der Waals surface area contributed by atoms with Crippen LogP contribution in [0.3, 0.4) is 0 Å². The van der Waals surface area contributed by atoms with Crippen molar-refractivity contribution in [2.24, 2.45) is 5.73 Å². The van der Waals surface area contributed by atoms with E-state index in [9.17, 15) is 19.2 Å². The van der Waals surface area contributed by atoms with Crippen LogP contribution in [0.15, 0.2) is 30.3 Å². The van der Waals surface area contributed by atoms with Crippen LogP contribution in [0.4, 0.5) is 0 Å². The summed E-state index contributed by atoms with van der Waals surface area (Å²) in [7, 11) is 0. The number of carbonyl (C=O) groups excluding carboxylic acids is 2. The average Bonchev–Trinajstić information content (AvgIpc) is 2.57. The Morgan fingerprint density at radius 1 is 1.00 bits per heavy atom. The van der Waals surface area contributed by atoms with Crippen molar-refractivity contribution in [1.29, 1.82) is 0 Å². The minimum absolute atomic E-state index is 0.0734. The quantitative estimate of drug-likeness (QED) is 0.365. The zero-order valence-electron chi connectivity index (χ0n) is 13.5. The first-order valence-corrected chi connectivity index (χ1v) is 7.60. The molecule has 2 atom stereocenters. The molecule has 1 aromatic carbocycles. The molecule has 2 amide bonds. The summed E-state index contributed by atoms with van der Waals surface area (Å²) in [6.07, 6.45) is -0.206. The van der Waals surface area contributed by atoms with E-state index in [4.69, 9.17) is 15.9 Å². The third-order valence-electron chi connectivity index (χ3n) is 3.34. The van der Waals surface area contributed by atoms with E-state index in [1.807, 2.05) is 0 Å². The first-order chi connectivity index (χ1) is 11.8. The molecule has 136 valence electrons. The fourth-order valence-corrected chi connectivity index (χ4v) is 2.03. The van der Waals surface area contributed by atoms with Crippen molar-refractivity contribution >= 4 is 23.8 Å². The van der Waals surface area contributed by atoms with Gasteiger partial charge in [-0.3, -0.25) is 19.2 Å². The number of aliphatic carboxylic acids is 2. The van der Waals surface area contributed by atoms with Crippen molar-refractivity contribution < 1.29 is 29.4 Å². The van der Waals surface area contributed by atoms with E-state index in [0.717, 1.165) is 5.56 Å². The predicted molar refractivity (Wildman–Crippen MR) is 87.6 cm³/mol. The van der Waals surface area contributed by atoms with Gasteiger partial charge in [-0.25, -0.2) is 0 Å². The molecule has 0 aliphatic rings. The van der Waals surface area contributed by atoms with Crippen LogP contribution >= 0.6 is 0 Å². The van der Waals surface area contributed by atoms with Gasteiger partial charge in [0.15, 0.2) is 0 Å². The summed E-state index contributed by atoms with van der Waals surface area (Å²) in [5.74, 6) is -3.63. The molecule has 0 bridgehead atoms. The lowest BCUT2D eigenvalue weighted by atomic mass is 10.0. The van der Waals surface area contributed by atoms with Crippen LogP contribution in [-0.4, -0.2) is 52.6 Å². The second-order valence-corrected chi connectivity index (χ2v) is 5.40. The van der Waals surface area contributed by atoms with Gasteiger partial charge in [0.25, 0.3) is 0 Å². The van der Waals surface area contributed by atoms with Crippen molar-refractivity contribution in [3.05, 3.63) is 35.9 Å². The average molecular weight is 351 g/mol. The van der Waals surface area contributed by atoms with Crippen molar-refractivity contribution in [2.75, 3.05) is 6.54 Å². The molecular formula is C16H21N3O6. The number of carbonyl (C=O) groups is 4. The summed E-state index contributed by atoms with van der Waals surface area (Å²) < 4.78 is 0. The largest absolute Gasteiger partial charge is 0.481 e. The van der Waals surface area contributed by atoms with Gasteiger partial charge in [0, 0.05) is 12.8 Å². The molecule has 0 aliphatic carbocycles. The number of nitrogens with two attached hydrogens (primary N) is 1. The Morgan fingerprint density at radius 2 is 1.64 bits per heavy atom. The molecule has 1 rings (SSSR count). The van der Waals surface area contributed by atoms with Crippen LogP contribution in [0.5, 0.6) is 0 Å². The summed E-state index contributed by atoms with van der Waals surface area (Å²) in [5, 5.41) is 21.9. The van der Waals surface area contributed by atoms with Crippen LogP contribution in [0.2, 0.25) is 0 Å². The Labute approximate surface area is 144 Å². The van der Waals surface area contributed by atoms with Gasteiger partial charge in [0.05, 0.1) is 6.04 Å². The Kier molecular flexibility index (Phi) is 8.07. The van der Waals surface area contributed by atoms with E-state index in [1.54, 1.807) is 30.3 Å². The SMILES string of the molecule is NC(CCC(=O)O)C(=O)NC(Cc1ccccc1)C(=O)NCC(=O)O. The van der Waals surface area contributed by atoms with Crippen molar-refractivity contribution in [3.8, 4) is 0 Å². The van der Waals surface area contributed by atoms with Crippen molar-refractivity contribution in [3.63, 3.8) is 0 Å². The molecule has 0 aliphatic heterocycles. The van der Waals surface area contributed by atoms with Gasteiger partial charge in [-0.15, -0.1) is 0 Å². The summed E-state index contributed by atoms with van der Waals surface area (Å²) in [6, 6.07) is 6.74. The highest BCUT2D eigenvalue weighted by molar-refractivity contribution is 5.91. The highest BCUT2D eigenvalue weighted by atomic mass is 16.4. The van der Waals surface area contributed by atoms with Gasteiger partial charge in [-0.1, -0.05) is 30.3 Å². The highest BCUT2D eigenvalue weighted by Crippen LogP contribution is 2.05. The molecule has 0 spiro atoms. The zero-order chi connectivity index (χ0) is 18.8. The molecule has 2 unspecified atom stereocenters. The summed E-state index contributed by atoms with van der Waals surface area (Å²) in [5.41, 5.74) is 6.39. The predicted octanol–water partition coefficient (Wildman–Crippen LogP) is -0.893. The van der Waals surface area contributed by atoms with Gasteiger partial charge >= 0.3 is 11.9 Å². The van der Waals surface area contributed by atoms with E-state index in [0.29, 0.717) is 0 Å². The van der Waals surface area contributed by atoms with Crippen LogP contribution in [0.1, 0.15) is 18.4 Å². The first-order valence-electron chi connectivity index (χ1n) is 7.60. The maximum Gasteiger partial charge on any atom is 0.322 e. The number of benzene rings is 1.